The summed E-state index contributed by atoms with van der Waals surface area (Å²) in [6.07, 6.45) is 0.218. The van der Waals surface area contributed by atoms with Crippen LogP contribution in [0.3, 0.4) is 0 Å². The Labute approximate surface area is 165 Å². The summed E-state index contributed by atoms with van der Waals surface area (Å²) in [4.78, 5) is 22.3. The summed E-state index contributed by atoms with van der Waals surface area (Å²) in [6, 6.07) is 6.29. The highest BCUT2D eigenvalue weighted by molar-refractivity contribution is 5.87. The van der Waals surface area contributed by atoms with Gasteiger partial charge >= 0.3 is 11.9 Å². The molecular formula is C20H30O8. The topological polar surface area (TPSA) is 101 Å². The van der Waals surface area contributed by atoms with E-state index in [4.69, 9.17) is 28.8 Å². The standard InChI is InChI=1S/C20H30O8/c1-20(2,3)28-18(21)7-8-24-9-10-25-11-12-26-13-14-27-17-6-4-5-16(15-17)19(22)23/h4-6,15H,7-14H2,1-3H3,(H,22,23). The van der Waals surface area contributed by atoms with Gasteiger partial charge in [0.1, 0.15) is 18.0 Å². The maximum absolute atomic E-state index is 11.5. The van der Waals surface area contributed by atoms with Crippen LogP contribution in [0.5, 0.6) is 5.75 Å². The van der Waals surface area contributed by atoms with Crippen molar-refractivity contribution < 1.29 is 38.4 Å². The highest BCUT2D eigenvalue weighted by atomic mass is 16.6. The number of esters is 1. The molecular weight excluding hydrogens is 368 g/mol. The van der Waals surface area contributed by atoms with Crippen LogP contribution in [-0.4, -0.2) is 68.9 Å². The summed E-state index contributed by atoms with van der Waals surface area (Å²) in [5.74, 6) is -0.783. The van der Waals surface area contributed by atoms with Crippen LogP contribution < -0.4 is 4.74 Å². The molecule has 0 radical (unpaired) electrons. The van der Waals surface area contributed by atoms with Gasteiger partial charge in [-0.2, -0.15) is 0 Å². The van der Waals surface area contributed by atoms with Crippen LogP contribution in [-0.2, 0) is 23.7 Å². The second-order valence-corrected chi connectivity index (χ2v) is 6.86. The molecule has 1 aromatic rings. The van der Waals surface area contributed by atoms with Gasteiger partial charge in [0.05, 0.1) is 51.6 Å². The zero-order valence-corrected chi connectivity index (χ0v) is 16.8. The first-order valence-corrected chi connectivity index (χ1v) is 9.19. The minimum Gasteiger partial charge on any atom is -0.491 e. The third-order valence-electron chi connectivity index (χ3n) is 3.19. The maximum Gasteiger partial charge on any atom is 0.335 e. The highest BCUT2D eigenvalue weighted by Gasteiger charge is 2.15. The number of rotatable bonds is 14. The van der Waals surface area contributed by atoms with Crippen molar-refractivity contribution in [2.75, 3.05) is 46.2 Å². The Bertz CT molecular complexity index is 594. The Morgan fingerprint density at radius 2 is 1.46 bits per heavy atom. The summed E-state index contributed by atoms with van der Waals surface area (Å²) in [7, 11) is 0. The van der Waals surface area contributed by atoms with Crippen LogP contribution >= 0.6 is 0 Å². The molecule has 0 atom stereocenters. The minimum absolute atomic E-state index is 0.181. The molecule has 0 amide bonds. The van der Waals surface area contributed by atoms with Gasteiger partial charge in [-0.3, -0.25) is 4.79 Å². The second-order valence-electron chi connectivity index (χ2n) is 6.86. The number of hydrogen-bond donors (Lipinski definition) is 1. The van der Waals surface area contributed by atoms with Crippen molar-refractivity contribution in [1.82, 2.24) is 0 Å². The predicted octanol–water partition coefficient (Wildman–Crippen LogP) is 2.55. The fraction of sp³-hybridized carbons (Fsp3) is 0.600. The van der Waals surface area contributed by atoms with Crippen LogP contribution in [0.1, 0.15) is 37.6 Å². The summed E-state index contributed by atoms with van der Waals surface area (Å²) < 4.78 is 26.6. The second kappa shape index (κ2) is 13.1. The summed E-state index contributed by atoms with van der Waals surface area (Å²) in [5, 5.41) is 8.91. The molecule has 0 fully saturated rings. The Morgan fingerprint density at radius 3 is 2.04 bits per heavy atom. The summed E-state index contributed by atoms with van der Waals surface area (Å²) >= 11 is 0. The molecule has 0 aromatic heterocycles. The van der Waals surface area contributed by atoms with E-state index in [1.165, 1.54) is 12.1 Å². The Kier molecular flexibility index (Phi) is 11.2. The number of carbonyl (C=O) groups excluding carboxylic acids is 1. The third kappa shape index (κ3) is 12.3. The predicted molar refractivity (Wildman–Crippen MR) is 102 cm³/mol. The Hall–Kier alpha value is -2.16. The van der Waals surface area contributed by atoms with Gasteiger partial charge in [0, 0.05) is 0 Å². The fourth-order valence-electron chi connectivity index (χ4n) is 2.03. The van der Waals surface area contributed by atoms with Crippen molar-refractivity contribution in [1.29, 1.82) is 0 Å². The number of carbonyl (C=O) groups is 2. The molecule has 8 nitrogen and oxygen atoms in total. The van der Waals surface area contributed by atoms with Crippen molar-refractivity contribution in [3.63, 3.8) is 0 Å². The molecule has 0 saturated carbocycles. The zero-order valence-electron chi connectivity index (χ0n) is 16.8. The molecule has 0 unspecified atom stereocenters. The van der Waals surface area contributed by atoms with Crippen molar-refractivity contribution in [2.45, 2.75) is 32.8 Å². The van der Waals surface area contributed by atoms with Crippen molar-refractivity contribution in [3.8, 4) is 5.75 Å². The lowest BCUT2D eigenvalue weighted by atomic mass is 10.2. The monoisotopic (exact) mass is 398 g/mol. The lowest BCUT2D eigenvalue weighted by Gasteiger charge is -2.19. The number of carboxylic acids is 1. The maximum atomic E-state index is 11.5. The first-order chi connectivity index (χ1) is 13.3. The lowest BCUT2D eigenvalue weighted by Crippen LogP contribution is -2.24. The van der Waals surface area contributed by atoms with Crippen LogP contribution in [0.25, 0.3) is 0 Å². The fourth-order valence-corrected chi connectivity index (χ4v) is 2.03. The van der Waals surface area contributed by atoms with Gasteiger partial charge in [-0.1, -0.05) is 6.07 Å². The SMILES string of the molecule is CC(C)(C)OC(=O)CCOCCOCCOCCOc1cccc(C(=O)O)c1. The molecule has 0 bridgehead atoms. The number of benzene rings is 1. The van der Waals surface area contributed by atoms with E-state index >= 15 is 0 Å². The quantitative estimate of drug-likeness (QED) is 0.377. The van der Waals surface area contributed by atoms with Crippen molar-refractivity contribution in [3.05, 3.63) is 29.8 Å². The van der Waals surface area contributed by atoms with E-state index in [2.05, 4.69) is 0 Å². The average Bonchev–Trinajstić information content (AvgIpc) is 2.61. The van der Waals surface area contributed by atoms with E-state index in [-0.39, 0.29) is 18.0 Å². The van der Waals surface area contributed by atoms with Crippen LogP contribution in [0, 0.1) is 0 Å². The first kappa shape index (κ1) is 23.9. The molecule has 28 heavy (non-hydrogen) atoms. The highest BCUT2D eigenvalue weighted by Crippen LogP contribution is 2.13. The van der Waals surface area contributed by atoms with Gasteiger partial charge < -0.3 is 28.8 Å². The van der Waals surface area contributed by atoms with Gasteiger partial charge in [-0.05, 0) is 39.0 Å². The number of carboxylic acid groups (broad SMARTS) is 1. The molecule has 1 aromatic carbocycles. The van der Waals surface area contributed by atoms with Crippen molar-refractivity contribution in [2.24, 2.45) is 0 Å². The van der Waals surface area contributed by atoms with Crippen LogP contribution in [0.2, 0.25) is 0 Å². The zero-order chi connectivity index (χ0) is 20.8. The van der Waals surface area contributed by atoms with E-state index in [1.54, 1.807) is 12.1 Å². The molecule has 8 heteroatoms. The molecule has 0 aliphatic carbocycles. The largest absolute Gasteiger partial charge is 0.491 e. The van der Waals surface area contributed by atoms with Crippen LogP contribution in [0.4, 0.5) is 0 Å². The number of hydrogen-bond acceptors (Lipinski definition) is 7. The summed E-state index contributed by atoms with van der Waals surface area (Å²) in [5.41, 5.74) is -0.298. The van der Waals surface area contributed by atoms with E-state index < -0.39 is 11.6 Å². The smallest absolute Gasteiger partial charge is 0.335 e. The van der Waals surface area contributed by atoms with E-state index in [0.29, 0.717) is 52.0 Å². The van der Waals surface area contributed by atoms with Gasteiger partial charge in [-0.15, -0.1) is 0 Å². The normalized spacial score (nSPS) is 11.2. The molecule has 0 heterocycles. The Balaban J connectivity index is 1.91. The van der Waals surface area contributed by atoms with Crippen LogP contribution in [0.15, 0.2) is 24.3 Å². The first-order valence-electron chi connectivity index (χ1n) is 9.19. The average molecular weight is 398 g/mol. The third-order valence-corrected chi connectivity index (χ3v) is 3.19. The van der Waals surface area contributed by atoms with Crippen molar-refractivity contribution >= 4 is 11.9 Å². The summed E-state index contributed by atoms with van der Waals surface area (Å²) in [6.45, 7) is 8.10. The van der Waals surface area contributed by atoms with E-state index in [9.17, 15) is 9.59 Å². The Morgan fingerprint density at radius 1 is 0.893 bits per heavy atom. The lowest BCUT2D eigenvalue weighted by molar-refractivity contribution is -0.156. The van der Waals surface area contributed by atoms with Gasteiger partial charge in [0.25, 0.3) is 0 Å². The number of aromatic carboxylic acids is 1. The molecule has 0 spiro atoms. The molecule has 0 saturated heterocycles. The molecule has 158 valence electrons. The van der Waals surface area contributed by atoms with E-state index in [0.717, 1.165) is 0 Å². The molecule has 1 N–H and O–H groups in total. The van der Waals surface area contributed by atoms with E-state index in [1.807, 2.05) is 20.8 Å². The molecule has 1 rings (SSSR count). The van der Waals surface area contributed by atoms with Gasteiger partial charge in [-0.25, -0.2) is 4.79 Å². The molecule has 0 aliphatic heterocycles. The van der Waals surface area contributed by atoms with Gasteiger partial charge in [0.2, 0.25) is 0 Å². The minimum atomic E-state index is -0.993. The number of ether oxygens (including phenoxy) is 5. The molecule has 0 aliphatic rings. The van der Waals surface area contributed by atoms with Gasteiger partial charge in [0.15, 0.2) is 0 Å².